The second-order valence-electron chi connectivity index (χ2n) is 8.20. The summed E-state index contributed by atoms with van der Waals surface area (Å²) in [5.41, 5.74) is 2.08. The van der Waals surface area contributed by atoms with Gasteiger partial charge in [-0.2, -0.15) is 0 Å². The highest BCUT2D eigenvalue weighted by Gasteiger charge is 2.35. The van der Waals surface area contributed by atoms with Gasteiger partial charge < -0.3 is 20.3 Å². The third-order valence-electron chi connectivity index (χ3n) is 5.60. The van der Waals surface area contributed by atoms with E-state index in [2.05, 4.69) is 26.6 Å². The number of nitrogens with zero attached hydrogens (tertiary/aromatic N) is 1. The van der Waals surface area contributed by atoms with Crippen LogP contribution in [0.2, 0.25) is 10.0 Å². The van der Waals surface area contributed by atoms with Gasteiger partial charge in [-0.1, -0.05) is 51.3 Å². The molecule has 0 spiro atoms. The molecule has 186 valence electrons. The van der Waals surface area contributed by atoms with Gasteiger partial charge in [0.2, 0.25) is 11.8 Å². The van der Waals surface area contributed by atoms with Crippen LogP contribution in [-0.2, 0) is 20.9 Å². The average molecular weight is 591 g/mol. The molecule has 3 aromatic rings. The molecule has 2 N–H and O–H groups in total. The van der Waals surface area contributed by atoms with Crippen molar-refractivity contribution in [1.82, 2.24) is 5.32 Å². The maximum Gasteiger partial charge on any atom is 0.262 e. The molecule has 1 saturated heterocycles. The van der Waals surface area contributed by atoms with Crippen LogP contribution in [0.3, 0.4) is 0 Å². The Balaban J connectivity index is 1.27. The van der Waals surface area contributed by atoms with Gasteiger partial charge in [0.15, 0.2) is 6.61 Å². The summed E-state index contributed by atoms with van der Waals surface area (Å²) in [7, 11) is 0. The van der Waals surface area contributed by atoms with Crippen molar-refractivity contribution < 1.29 is 19.1 Å². The first-order valence-electron chi connectivity index (χ1n) is 11.1. The SMILES string of the molecule is O=C(COc1ccc(N2C[C@@H](C(=O)NCc3ccc(Cl)cc3)CC2=O)cc1)Nc1ccc(Br)cc1Cl. The molecule has 1 aliphatic rings. The summed E-state index contributed by atoms with van der Waals surface area (Å²) in [6.07, 6.45) is 0.142. The molecule has 36 heavy (non-hydrogen) atoms. The normalized spacial score (nSPS) is 15.0. The Kier molecular flexibility index (Phi) is 8.51. The molecule has 0 unspecified atom stereocenters. The quantitative estimate of drug-likeness (QED) is 0.365. The number of hydrogen-bond acceptors (Lipinski definition) is 4. The first-order valence-corrected chi connectivity index (χ1v) is 12.6. The molecular weight excluding hydrogens is 569 g/mol. The lowest BCUT2D eigenvalue weighted by molar-refractivity contribution is -0.126. The average Bonchev–Trinajstić information content (AvgIpc) is 3.26. The van der Waals surface area contributed by atoms with Crippen molar-refractivity contribution in [2.45, 2.75) is 13.0 Å². The zero-order chi connectivity index (χ0) is 25.7. The predicted molar refractivity (Wildman–Crippen MR) is 143 cm³/mol. The number of carbonyl (C=O) groups excluding carboxylic acids is 3. The van der Waals surface area contributed by atoms with Crippen LogP contribution in [0.5, 0.6) is 5.75 Å². The Bertz CT molecular complexity index is 1270. The molecule has 1 heterocycles. The fourth-order valence-corrected chi connectivity index (χ4v) is 4.56. The van der Waals surface area contributed by atoms with Crippen LogP contribution in [0.15, 0.2) is 71.2 Å². The van der Waals surface area contributed by atoms with Gasteiger partial charge in [-0.25, -0.2) is 0 Å². The molecular formula is C26H22BrCl2N3O4. The minimum atomic E-state index is -0.435. The first-order chi connectivity index (χ1) is 17.3. The van der Waals surface area contributed by atoms with E-state index in [4.69, 9.17) is 27.9 Å². The highest BCUT2D eigenvalue weighted by molar-refractivity contribution is 9.10. The number of carbonyl (C=O) groups is 3. The molecule has 0 bridgehead atoms. The van der Waals surface area contributed by atoms with Crippen LogP contribution in [0, 0.1) is 5.92 Å². The summed E-state index contributed by atoms with van der Waals surface area (Å²) in [6, 6.07) is 19.2. The lowest BCUT2D eigenvalue weighted by Gasteiger charge is -2.17. The zero-order valence-electron chi connectivity index (χ0n) is 19.0. The Morgan fingerprint density at radius 1 is 1.03 bits per heavy atom. The van der Waals surface area contributed by atoms with E-state index in [0.717, 1.165) is 10.0 Å². The van der Waals surface area contributed by atoms with E-state index in [1.54, 1.807) is 59.5 Å². The van der Waals surface area contributed by atoms with Gasteiger partial charge in [0.1, 0.15) is 5.75 Å². The van der Waals surface area contributed by atoms with Crippen molar-refractivity contribution in [2.75, 3.05) is 23.4 Å². The van der Waals surface area contributed by atoms with Gasteiger partial charge in [0.25, 0.3) is 5.91 Å². The zero-order valence-corrected chi connectivity index (χ0v) is 22.1. The monoisotopic (exact) mass is 589 g/mol. The van der Waals surface area contributed by atoms with E-state index in [1.165, 1.54) is 0 Å². The molecule has 3 amide bonds. The van der Waals surface area contributed by atoms with Crippen molar-refractivity contribution in [3.05, 3.63) is 86.8 Å². The minimum absolute atomic E-state index is 0.124. The van der Waals surface area contributed by atoms with Crippen LogP contribution in [0.25, 0.3) is 0 Å². The van der Waals surface area contributed by atoms with Crippen molar-refractivity contribution in [1.29, 1.82) is 0 Å². The van der Waals surface area contributed by atoms with E-state index in [0.29, 0.717) is 40.3 Å². The minimum Gasteiger partial charge on any atom is -0.484 e. The van der Waals surface area contributed by atoms with Crippen LogP contribution in [-0.4, -0.2) is 30.9 Å². The highest BCUT2D eigenvalue weighted by Crippen LogP contribution is 2.28. The van der Waals surface area contributed by atoms with Crippen molar-refractivity contribution in [3.8, 4) is 5.75 Å². The number of rotatable bonds is 8. The Morgan fingerprint density at radius 2 is 1.75 bits per heavy atom. The third-order valence-corrected chi connectivity index (χ3v) is 6.66. The topological polar surface area (TPSA) is 87.7 Å². The Morgan fingerprint density at radius 3 is 2.44 bits per heavy atom. The second kappa shape index (κ2) is 11.8. The highest BCUT2D eigenvalue weighted by atomic mass is 79.9. The number of amides is 3. The number of ether oxygens (including phenoxy) is 1. The predicted octanol–water partition coefficient (Wildman–Crippen LogP) is 5.44. The van der Waals surface area contributed by atoms with Gasteiger partial charge in [-0.3, -0.25) is 14.4 Å². The molecule has 1 fully saturated rings. The molecule has 7 nitrogen and oxygen atoms in total. The van der Waals surface area contributed by atoms with E-state index in [1.807, 2.05) is 12.1 Å². The van der Waals surface area contributed by atoms with Crippen LogP contribution < -0.4 is 20.3 Å². The van der Waals surface area contributed by atoms with Gasteiger partial charge in [-0.15, -0.1) is 0 Å². The molecule has 10 heteroatoms. The van der Waals surface area contributed by atoms with Gasteiger partial charge in [0.05, 0.1) is 16.6 Å². The maximum atomic E-state index is 12.6. The molecule has 1 aliphatic heterocycles. The van der Waals surface area contributed by atoms with E-state index >= 15 is 0 Å². The molecule has 0 aromatic heterocycles. The molecule has 1 atom stereocenters. The number of benzene rings is 3. The summed E-state index contributed by atoms with van der Waals surface area (Å²) in [6.45, 7) is 0.459. The molecule has 4 rings (SSSR count). The van der Waals surface area contributed by atoms with Crippen molar-refractivity contribution in [2.24, 2.45) is 5.92 Å². The van der Waals surface area contributed by atoms with Gasteiger partial charge in [0, 0.05) is 34.7 Å². The van der Waals surface area contributed by atoms with Crippen molar-refractivity contribution >= 4 is 68.2 Å². The number of nitrogens with one attached hydrogen (secondary N) is 2. The van der Waals surface area contributed by atoms with E-state index in [-0.39, 0.29) is 30.7 Å². The van der Waals surface area contributed by atoms with Crippen LogP contribution in [0.1, 0.15) is 12.0 Å². The lowest BCUT2D eigenvalue weighted by atomic mass is 10.1. The van der Waals surface area contributed by atoms with Crippen LogP contribution >= 0.6 is 39.1 Å². The molecule has 0 radical (unpaired) electrons. The van der Waals surface area contributed by atoms with Crippen LogP contribution in [0.4, 0.5) is 11.4 Å². The molecule has 0 aliphatic carbocycles. The third kappa shape index (κ3) is 6.78. The lowest BCUT2D eigenvalue weighted by Crippen LogP contribution is -2.32. The first kappa shape index (κ1) is 26.0. The fraction of sp³-hybridized carbons (Fsp3) is 0.192. The number of hydrogen-bond donors (Lipinski definition) is 2. The fourth-order valence-electron chi connectivity index (χ4n) is 3.72. The summed E-state index contributed by atoms with van der Waals surface area (Å²) >= 11 is 15.3. The molecule has 0 saturated carbocycles. The summed E-state index contributed by atoms with van der Waals surface area (Å²) in [5, 5.41) is 6.62. The smallest absolute Gasteiger partial charge is 0.262 e. The van der Waals surface area contributed by atoms with Gasteiger partial charge >= 0.3 is 0 Å². The largest absolute Gasteiger partial charge is 0.484 e. The van der Waals surface area contributed by atoms with E-state index in [9.17, 15) is 14.4 Å². The van der Waals surface area contributed by atoms with E-state index < -0.39 is 5.92 Å². The summed E-state index contributed by atoms with van der Waals surface area (Å²) in [5.74, 6) is -0.612. The second-order valence-corrected chi connectivity index (χ2v) is 9.96. The van der Waals surface area contributed by atoms with Crippen molar-refractivity contribution in [3.63, 3.8) is 0 Å². The Hall–Kier alpha value is -3.07. The summed E-state index contributed by atoms with van der Waals surface area (Å²) < 4.78 is 6.36. The Labute approximate surface area is 226 Å². The molecule has 3 aromatic carbocycles. The number of halogens is 3. The standard InChI is InChI=1S/C26H22BrCl2N3O4/c27-18-3-10-23(22(29)12-18)31-24(33)15-36-21-8-6-20(7-9-21)32-14-17(11-25(32)34)26(35)30-13-16-1-4-19(28)5-2-16/h1-10,12,17H,11,13-15H2,(H,30,35)(H,31,33)/t17-/m0/s1. The number of anilines is 2. The van der Waals surface area contributed by atoms with Gasteiger partial charge in [-0.05, 0) is 60.2 Å². The summed E-state index contributed by atoms with van der Waals surface area (Å²) in [4.78, 5) is 38.9. The maximum absolute atomic E-state index is 12.6.